The second-order valence-corrected chi connectivity index (χ2v) is 8.45. The lowest BCUT2D eigenvalue weighted by molar-refractivity contribution is -0.116. The van der Waals surface area contributed by atoms with Crippen molar-refractivity contribution in [1.82, 2.24) is 4.90 Å². The summed E-state index contributed by atoms with van der Waals surface area (Å²) in [6.07, 6.45) is 2.47. The Balaban J connectivity index is 1.49. The fourth-order valence-electron chi connectivity index (χ4n) is 2.97. The molecule has 0 aromatic heterocycles. The Bertz CT molecular complexity index is 957. The molecular formula is C21H25N3O4S. The van der Waals surface area contributed by atoms with E-state index in [0.29, 0.717) is 37.4 Å². The summed E-state index contributed by atoms with van der Waals surface area (Å²) in [4.78, 5) is 14.0. The topological polar surface area (TPSA) is 88.1 Å². The monoisotopic (exact) mass is 415 g/mol. The zero-order valence-corrected chi connectivity index (χ0v) is 17.2. The average molecular weight is 416 g/mol. The number of carbonyl (C=O) groups is 1. The number of carbonyl (C=O) groups excluding carboxylic acids is 1. The van der Waals surface area contributed by atoms with Gasteiger partial charge in [-0.1, -0.05) is 18.2 Å². The molecule has 0 bridgehead atoms. The Morgan fingerprint density at radius 2 is 1.86 bits per heavy atom. The summed E-state index contributed by atoms with van der Waals surface area (Å²) >= 11 is 0. The van der Waals surface area contributed by atoms with Gasteiger partial charge in [0.2, 0.25) is 5.91 Å². The third kappa shape index (κ3) is 6.05. The van der Waals surface area contributed by atoms with Crippen molar-refractivity contribution in [2.45, 2.75) is 30.6 Å². The lowest BCUT2D eigenvalue weighted by Gasteiger charge is -2.11. The fraction of sp³-hybridized carbons (Fsp3) is 0.333. The second-order valence-electron chi connectivity index (χ2n) is 6.85. The van der Waals surface area contributed by atoms with Crippen LogP contribution in [0.25, 0.3) is 0 Å². The van der Waals surface area contributed by atoms with E-state index >= 15 is 0 Å². The number of hydrogen-bond acceptors (Lipinski definition) is 4. The van der Waals surface area contributed by atoms with Gasteiger partial charge < -0.3 is 15.0 Å². The summed E-state index contributed by atoms with van der Waals surface area (Å²) < 4.78 is 34.4. The molecule has 2 aromatic rings. The summed E-state index contributed by atoms with van der Waals surface area (Å²) in [7, 11) is -1.91. The summed E-state index contributed by atoms with van der Waals surface area (Å²) in [6, 6.07) is 15.5. The van der Waals surface area contributed by atoms with Crippen LogP contribution >= 0.6 is 0 Å². The molecule has 8 heteroatoms. The van der Waals surface area contributed by atoms with Gasteiger partial charge in [-0.15, -0.1) is 4.40 Å². The lowest BCUT2D eigenvalue weighted by atomic mass is 10.2. The number of amides is 1. The lowest BCUT2D eigenvalue weighted by Crippen LogP contribution is -2.20. The molecule has 0 spiro atoms. The zero-order chi connectivity index (χ0) is 20.7. The number of likely N-dealkylation sites (tertiary alicyclic amines) is 1. The quantitative estimate of drug-likeness (QED) is 0.669. The van der Waals surface area contributed by atoms with Crippen LogP contribution in [0.5, 0.6) is 5.75 Å². The molecule has 3 rings (SSSR count). The molecule has 154 valence electrons. The first-order valence-electron chi connectivity index (χ1n) is 9.57. The van der Waals surface area contributed by atoms with Crippen LogP contribution in [0.4, 0.5) is 5.69 Å². The van der Waals surface area contributed by atoms with Crippen molar-refractivity contribution in [2.75, 3.05) is 25.5 Å². The van der Waals surface area contributed by atoms with Gasteiger partial charge in [-0.3, -0.25) is 4.79 Å². The van der Waals surface area contributed by atoms with Gasteiger partial charge in [0.25, 0.3) is 10.0 Å². The maximum Gasteiger partial charge on any atom is 0.283 e. The Hall–Kier alpha value is -2.87. The molecule has 1 fully saturated rings. The van der Waals surface area contributed by atoms with Gasteiger partial charge in [0.05, 0.1) is 11.5 Å². The van der Waals surface area contributed by atoms with Gasteiger partial charge in [0, 0.05) is 32.1 Å². The summed E-state index contributed by atoms with van der Waals surface area (Å²) in [5, 5.41) is 2.77. The largest absolute Gasteiger partial charge is 0.494 e. The second kappa shape index (κ2) is 9.56. The van der Waals surface area contributed by atoms with Crippen molar-refractivity contribution >= 4 is 27.5 Å². The predicted octanol–water partition coefficient (Wildman–Crippen LogP) is 3.30. The van der Waals surface area contributed by atoms with Gasteiger partial charge >= 0.3 is 0 Å². The van der Waals surface area contributed by atoms with E-state index in [2.05, 4.69) is 9.71 Å². The zero-order valence-electron chi connectivity index (χ0n) is 16.4. The van der Waals surface area contributed by atoms with E-state index in [0.717, 1.165) is 18.7 Å². The minimum absolute atomic E-state index is 0.111. The number of para-hydroxylation sites is 1. The Morgan fingerprint density at radius 3 is 2.52 bits per heavy atom. The van der Waals surface area contributed by atoms with Gasteiger partial charge in [-0.25, -0.2) is 0 Å². The molecule has 0 aliphatic carbocycles. The summed E-state index contributed by atoms with van der Waals surface area (Å²) in [6.45, 7) is 1.26. The van der Waals surface area contributed by atoms with Gasteiger partial charge in [0.1, 0.15) is 11.6 Å². The number of ether oxygens (including phenoxy) is 1. The molecule has 1 aliphatic heterocycles. The molecular weight excluding hydrogens is 390 g/mol. The molecule has 0 radical (unpaired) electrons. The van der Waals surface area contributed by atoms with Crippen molar-refractivity contribution in [3.05, 3.63) is 54.6 Å². The van der Waals surface area contributed by atoms with E-state index in [9.17, 15) is 13.2 Å². The molecule has 29 heavy (non-hydrogen) atoms. The van der Waals surface area contributed by atoms with Crippen LogP contribution in [0, 0.1) is 0 Å². The molecule has 1 aliphatic rings. The maximum absolute atomic E-state index is 12.4. The molecule has 1 heterocycles. The number of nitrogens with zero attached hydrogens (tertiary/aromatic N) is 2. The number of amidine groups is 1. The smallest absolute Gasteiger partial charge is 0.283 e. The number of hydrogen-bond donors (Lipinski definition) is 1. The molecule has 1 amide bonds. The highest BCUT2D eigenvalue weighted by Crippen LogP contribution is 2.19. The minimum atomic E-state index is -3.75. The van der Waals surface area contributed by atoms with Crippen molar-refractivity contribution < 1.29 is 17.9 Å². The first-order chi connectivity index (χ1) is 13.9. The van der Waals surface area contributed by atoms with Crippen molar-refractivity contribution in [3.8, 4) is 5.75 Å². The summed E-state index contributed by atoms with van der Waals surface area (Å²) in [5.41, 5.74) is 0.545. The van der Waals surface area contributed by atoms with E-state index in [-0.39, 0.29) is 10.8 Å². The van der Waals surface area contributed by atoms with Gasteiger partial charge in [-0.2, -0.15) is 8.42 Å². The van der Waals surface area contributed by atoms with Crippen molar-refractivity contribution in [1.29, 1.82) is 0 Å². The highest BCUT2D eigenvalue weighted by molar-refractivity contribution is 7.90. The molecule has 1 saturated heterocycles. The Kier molecular flexibility index (Phi) is 6.87. The van der Waals surface area contributed by atoms with Crippen LogP contribution < -0.4 is 10.1 Å². The third-order valence-electron chi connectivity index (χ3n) is 4.56. The number of benzene rings is 2. The van der Waals surface area contributed by atoms with E-state index in [1.165, 1.54) is 12.1 Å². The van der Waals surface area contributed by atoms with E-state index in [1.54, 1.807) is 12.1 Å². The van der Waals surface area contributed by atoms with Crippen LogP contribution in [-0.2, 0) is 14.8 Å². The standard InChI is InChI=1S/C21H25N3O4S/c1-24-15-5-9-20(24)23-29(26,27)19-13-11-17(12-14-19)22-21(25)10-6-16-28-18-7-3-2-4-8-18/h2-4,7-8,11-14H,5-6,9-10,15-16H2,1H3,(H,22,25)/b23-20-. The maximum atomic E-state index is 12.4. The minimum Gasteiger partial charge on any atom is -0.494 e. The van der Waals surface area contributed by atoms with Crippen LogP contribution in [-0.4, -0.2) is 45.3 Å². The first kappa shape index (κ1) is 20.9. The van der Waals surface area contributed by atoms with Crippen molar-refractivity contribution in [3.63, 3.8) is 0 Å². The van der Waals surface area contributed by atoms with Gasteiger partial charge in [0.15, 0.2) is 0 Å². The van der Waals surface area contributed by atoms with Crippen LogP contribution in [0.2, 0.25) is 0 Å². The van der Waals surface area contributed by atoms with E-state index in [1.807, 2.05) is 42.3 Å². The number of rotatable bonds is 8. The number of anilines is 1. The molecule has 1 N–H and O–H groups in total. The highest BCUT2D eigenvalue weighted by atomic mass is 32.2. The van der Waals surface area contributed by atoms with E-state index < -0.39 is 10.0 Å². The van der Waals surface area contributed by atoms with Crippen LogP contribution in [0.1, 0.15) is 25.7 Å². The van der Waals surface area contributed by atoms with E-state index in [4.69, 9.17) is 4.74 Å². The SMILES string of the molecule is CN1CCC/C1=N/S(=O)(=O)c1ccc(NC(=O)CCCOc2ccccc2)cc1. The molecule has 7 nitrogen and oxygen atoms in total. The van der Waals surface area contributed by atoms with Crippen LogP contribution in [0.15, 0.2) is 63.9 Å². The number of sulfonamides is 1. The number of nitrogens with one attached hydrogen (secondary N) is 1. The predicted molar refractivity (Wildman–Crippen MR) is 113 cm³/mol. The average Bonchev–Trinajstić information content (AvgIpc) is 3.10. The molecule has 0 unspecified atom stereocenters. The van der Waals surface area contributed by atoms with Gasteiger partial charge in [-0.05, 0) is 49.2 Å². The van der Waals surface area contributed by atoms with Crippen LogP contribution in [0.3, 0.4) is 0 Å². The normalized spacial score (nSPS) is 15.5. The first-order valence-corrected chi connectivity index (χ1v) is 11.0. The Labute approximate surface area is 171 Å². The highest BCUT2D eigenvalue weighted by Gasteiger charge is 2.20. The molecule has 2 aromatic carbocycles. The van der Waals surface area contributed by atoms with Crippen molar-refractivity contribution in [2.24, 2.45) is 4.40 Å². The Morgan fingerprint density at radius 1 is 1.14 bits per heavy atom. The fourth-order valence-corrected chi connectivity index (χ4v) is 4.07. The molecule has 0 atom stereocenters. The third-order valence-corrected chi connectivity index (χ3v) is 5.88. The molecule has 0 saturated carbocycles. The summed E-state index contributed by atoms with van der Waals surface area (Å²) in [5.74, 6) is 1.21.